The van der Waals surface area contributed by atoms with E-state index < -0.39 is 11.9 Å². The molecule has 7 heterocycles. The Morgan fingerprint density at radius 3 is 2.42 bits per heavy atom. The van der Waals surface area contributed by atoms with Gasteiger partial charge in [-0.15, -0.1) is 0 Å². The van der Waals surface area contributed by atoms with Gasteiger partial charge in [0.1, 0.15) is 18.2 Å². The molecule has 3 saturated heterocycles. The summed E-state index contributed by atoms with van der Waals surface area (Å²) in [5, 5.41) is 22.0. The van der Waals surface area contributed by atoms with Gasteiger partial charge in [-0.1, -0.05) is 47.7 Å². The number of fused-ring (bicyclic) bond motifs is 3. The number of pyridine rings is 1. The van der Waals surface area contributed by atoms with Crippen LogP contribution in [0.5, 0.6) is 5.75 Å². The van der Waals surface area contributed by atoms with E-state index in [1.807, 2.05) is 77.3 Å². The number of hydrogen-bond acceptors (Lipinski definition) is 12. The first-order chi connectivity index (χ1) is 34.6. The molecule has 3 amide bonds. The molecular formula is C55H57N9O6S. The Morgan fingerprint density at radius 1 is 0.831 bits per heavy atom. The second kappa shape index (κ2) is 19.9. The Kier molecular flexibility index (Phi) is 13.0. The van der Waals surface area contributed by atoms with E-state index in [-0.39, 0.29) is 30.0 Å². The van der Waals surface area contributed by atoms with E-state index in [1.54, 1.807) is 6.07 Å². The van der Waals surface area contributed by atoms with Crippen molar-refractivity contribution in [1.82, 2.24) is 30.0 Å². The van der Waals surface area contributed by atoms with Crippen LogP contribution in [-0.4, -0.2) is 92.7 Å². The van der Waals surface area contributed by atoms with Crippen LogP contribution in [0.2, 0.25) is 0 Å². The number of aryl methyl sites for hydroxylation is 1. The third-order valence-corrected chi connectivity index (χ3v) is 16.0. The zero-order chi connectivity index (χ0) is 48.6. The lowest BCUT2D eigenvalue weighted by atomic mass is 9.89. The van der Waals surface area contributed by atoms with E-state index in [0.717, 1.165) is 89.9 Å². The Balaban J connectivity index is 0.635. The Morgan fingerprint density at radius 2 is 1.63 bits per heavy atom. The average Bonchev–Trinajstić information content (AvgIpc) is 3.95. The third-order valence-electron chi connectivity index (χ3n) is 15.0. The number of likely N-dealkylation sites (tertiary alicyclic amines) is 1. The number of nitrogens with zero attached hydrogens (tertiary/aromatic N) is 7. The summed E-state index contributed by atoms with van der Waals surface area (Å²) in [6, 6.07) is 31.8. The number of aromatic nitrogens is 4. The van der Waals surface area contributed by atoms with E-state index in [9.17, 15) is 24.3 Å². The van der Waals surface area contributed by atoms with Gasteiger partial charge in [0.05, 0.1) is 27.3 Å². The number of para-hydroxylation sites is 1. The molecule has 11 rings (SSSR count). The van der Waals surface area contributed by atoms with Crippen molar-refractivity contribution in [3.63, 3.8) is 0 Å². The van der Waals surface area contributed by atoms with Crippen molar-refractivity contribution in [1.29, 1.82) is 0 Å². The van der Waals surface area contributed by atoms with E-state index in [0.29, 0.717) is 72.0 Å². The summed E-state index contributed by atoms with van der Waals surface area (Å²) in [4.78, 5) is 66.8. The van der Waals surface area contributed by atoms with Crippen LogP contribution in [0.25, 0.3) is 21.1 Å². The number of aromatic carboxylic acids is 1. The zero-order valence-electron chi connectivity index (χ0n) is 39.8. The number of carbonyl (C=O) groups excluding carboxylic acids is 3. The number of imide groups is 1. The van der Waals surface area contributed by atoms with Crippen LogP contribution in [0.4, 0.5) is 16.6 Å². The fraction of sp³-hybridized carbons (Fsp3) is 0.364. The summed E-state index contributed by atoms with van der Waals surface area (Å²) in [6.07, 6.45) is 7.20. The molecule has 0 spiro atoms. The third kappa shape index (κ3) is 9.95. The Labute approximate surface area is 415 Å². The standard InChI is InChI=1S/C55H57N9O6S/c1-61-46-30-39(12-15-42(46)51(60-61)43-16-18-49(65)58-53(43)67)63-26-21-36(22-27-63)31-62-24-19-35(20-25-62)29-34-9-13-40(14-10-34)70-33-38-11-17-48(57-50(38)54(68)69)64-28-23-37-5-4-6-41(44(37)32-64)52(66)59-55-56-45-7-2-3-8-47(45)71-55/h2-15,17,30,35-36,43H,16,18-29,31-33H2,1H3,(H,68,69)(H,56,59,66)(H,58,65,67). The molecule has 3 fully saturated rings. The first kappa shape index (κ1) is 46.2. The van der Waals surface area contributed by atoms with Crippen molar-refractivity contribution in [2.24, 2.45) is 18.9 Å². The topological polar surface area (TPSA) is 175 Å². The number of anilines is 3. The first-order valence-electron chi connectivity index (χ1n) is 24.8. The fourth-order valence-electron chi connectivity index (χ4n) is 11.0. The van der Waals surface area contributed by atoms with Gasteiger partial charge in [0.2, 0.25) is 11.8 Å². The van der Waals surface area contributed by atoms with Crippen molar-refractivity contribution in [3.05, 3.63) is 136 Å². The van der Waals surface area contributed by atoms with Gasteiger partial charge in [-0.05, 0) is 147 Å². The highest BCUT2D eigenvalue weighted by molar-refractivity contribution is 7.22. The van der Waals surface area contributed by atoms with Crippen LogP contribution in [-0.2, 0) is 42.6 Å². The van der Waals surface area contributed by atoms with E-state index in [1.165, 1.54) is 35.4 Å². The summed E-state index contributed by atoms with van der Waals surface area (Å²) in [6.45, 7) is 6.53. The van der Waals surface area contributed by atoms with Gasteiger partial charge in [-0.3, -0.25) is 29.7 Å². The molecule has 3 N–H and O–H groups in total. The molecule has 7 aromatic rings. The van der Waals surface area contributed by atoms with Crippen LogP contribution >= 0.6 is 11.3 Å². The molecule has 1 unspecified atom stereocenters. The number of piperidine rings is 3. The van der Waals surface area contributed by atoms with E-state index in [2.05, 4.69) is 60.7 Å². The zero-order valence-corrected chi connectivity index (χ0v) is 40.6. The van der Waals surface area contributed by atoms with Crippen molar-refractivity contribution < 1.29 is 29.0 Å². The molecule has 3 aromatic heterocycles. The number of ether oxygens (including phenoxy) is 1. The van der Waals surface area contributed by atoms with E-state index in [4.69, 9.17) is 9.84 Å². The minimum atomic E-state index is -1.12. The average molecular weight is 972 g/mol. The van der Waals surface area contributed by atoms with Crippen LogP contribution in [0.15, 0.2) is 97.1 Å². The molecular weight excluding hydrogens is 915 g/mol. The van der Waals surface area contributed by atoms with Gasteiger partial charge >= 0.3 is 5.97 Å². The van der Waals surface area contributed by atoms with Gasteiger partial charge in [0.15, 0.2) is 10.8 Å². The molecule has 0 saturated carbocycles. The summed E-state index contributed by atoms with van der Waals surface area (Å²) >= 11 is 1.43. The second-order valence-electron chi connectivity index (χ2n) is 19.6. The number of benzene rings is 4. The summed E-state index contributed by atoms with van der Waals surface area (Å²) in [5.74, 6) is 0.296. The monoisotopic (exact) mass is 971 g/mol. The minimum Gasteiger partial charge on any atom is -0.489 e. The molecule has 1 atom stereocenters. The van der Waals surface area contributed by atoms with Crippen molar-refractivity contribution in [2.45, 2.75) is 70.4 Å². The maximum absolute atomic E-state index is 13.6. The Bertz CT molecular complexity index is 3120. The molecule has 364 valence electrons. The fourth-order valence-corrected chi connectivity index (χ4v) is 11.9. The lowest BCUT2D eigenvalue weighted by Crippen LogP contribution is -2.41. The first-order valence-corrected chi connectivity index (χ1v) is 25.7. The minimum absolute atomic E-state index is 0.0489. The van der Waals surface area contributed by atoms with Crippen LogP contribution in [0, 0.1) is 11.8 Å². The highest BCUT2D eigenvalue weighted by Crippen LogP contribution is 2.35. The molecule has 4 aromatic carbocycles. The van der Waals surface area contributed by atoms with Crippen LogP contribution < -0.4 is 25.2 Å². The number of rotatable bonds is 13. The van der Waals surface area contributed by atoms with Gasteiger partial charge in [0, 0.05) is 68.4 Å². The van der Waals surface area contributed by atoms with E-state index >= 15 is 0 Å². The molecule has 16 heteroatoms. The summed E-state index contributed by atoms with van der Waals surface area (Å²) in [7, 11) is 1.92. The Hall–Kier alpha value is -7.17. The van der Waals surface area contributed by atoms with Crippen molar-refractivity contribution in [3.8, 4) is 5.75 Å². The predicted molar refractivity (Wildman–Crippen MR) is 274 cm³/mol. The summed E-state index contributed by atoms with van der Waals surface area (Å²) < 4.78 is 9.00. The molecule has 71 heavy (non-hydrogen) atoms. The SMILES string of the molecule is Cn1nc(C2CCC(=O)NC2=O)c2ccc(N3CCC(CN4CCC(Cc5ccc(OCc6ccc(N7CCc8cccc(C(=O)Nc9nc%10ccccc%10s9)c8C7)nc6C(=O)O)cc5)CC4)CC3)cc21. The lowest BCUT2D eigenvalue weighted by Gasteiger charge is -2.38. The van der Waals surface area contributed by atoms with Gasteiger partial charge in [-0.25, -0.2) is 14.8 Å². The van der Waals surface area contributed by atoms with Crippen LogP contribution in [0.1, 0.15) is 93.2 Å². The molecule has 4 aliphatic heterocycles. The predicted octanol–water partition coefficient (Wildman–Crippen LogP) is 8.36. The van der Waals surface area contributed by atoms with Crippen molar-refractivity contribution >= 4 is 72.8 Å². The van der Waals surface area contributed by atoms with Crippen LogP contribution in [0.3, 0.4) is 0 Å². The number of carbonyl (C=O) groups is 4. The second-order valence-corrected chi connectivity index (χ2v) is 20.6. The molecule has 0 radical (unpaired) electrons. The molecule has 0 bridgehead atoms. The largest absolute Gasteiger partial charge is 0.489 e. The maximum Gasteiger partial charge on any atom is 0.354 e. The molecule has 4 aliphatic rings. The molecule has 15 nitrogen and oxygen atoms in total. The number of carboxylic acid groups (broad SMARTS) is 1. The molecule has 0 aliphatic carbocycles. The number of hydrogen-bond donors (Lipinski definition) is 3. The highest BCUT2D eigenvalue weighted by atomic mass is 32.1. The quantitative estimate of drug-likeness (QED) is 0.0944. The van der Waals surface area contributed by atoms with Crippen molar-refractivity contribution in [2.75, 3.05) is 54.4 Å². The highest BCUT2D eigenvalue weighted by Gasteiger charge is 2.33. The van der Waals surface area contributed by atoms with Gasteiger partial charge < -0.3 is 24.5 Å². The normalized spacial score (nSPS) is 18.2. The number of thiazole rings is 1. The van der Waals surface area contributed by atoms with Gasteiger partial charge in [-0.2, -0.15) is 5.10 Å². The number of carboxylic acids is 1. The lowest BCUT2D eigenvalue weighted by molar-refractivity contribution is -0.134. The summed E-state index contributed by atoms with van der Waals surface area (Å²) in [5.41, 5.74) is 8.04. The maximum atomic E-state index is 13.6. The number of amides is 3. The van der Waals surface area contributed by atoms with Gasteiger partial charge in [0.25, 0.3) is 5.91 Å². The smallest absolute Gasteiger partial charge is 0.354 e. The number of nitrogens with one attached hydrogen (secondary N) is 2.